The molecule has 0 amide bonds. The van der Waals surface area contributed by atoms with Gasteiger partial charge in [-0.3, -0.25) is 4.98 Å². The van der Waals surface area contributed by atoms with Gasteiger partial charge < -0.3 is 5.11 Å². The lowest BCUT2D eigenvalue weighted by atomic mass is 10.0. The third kappa shape index (κ3) is 3.89. The van der Waals surface area contributed by atoms with Crippen LogP contribution in [0.3, 0.4) is 0 Å². The topological polar surface area (TPSA) is 33.1 Å². The van der Waals surface area contributed by atoms with Crippen LogP contribution in [0.4, 0.5) is 4.39 Å². The number of nitrogens with zero attached hydrogens (tertiary/aromatic N) is 1. The molecule has 2 aromatic rings. The van der Waals surface area contributed by atoms with Gasteiger partial charge in [0.15, 0.2) is 0 Å². The van der Waals surface area contributed by atoms with Gasteiger partial charge in [-0.2, -0.15) is 0 Å². The summed E-state index contributed by atoms with van der Waals surface area (Å²) in [5.74, 6) is -0.301. The zero-order chi connectivity index (χ0) is 13.0. The maximum Gasteiger partial charge on any atom is 0.124 e. The molecule has 2 nitrogen and oxygen atoms in total. The first-order valence-corrected chi connectivity index (χ1v) is 6.46. The van der Waals surface area contributed by atoms with Gasteiger partial charge in [-0.25, -0.2) is 4.39 Å². The highest BCUT2D eigenvalue weighted by atomic mass is 79.9. The highest BCUT2D eigenvalue weighted by molar-refractivity contribution is 9.10. The number of pyridine rings is 1. The second-order valence-electron chi connectivity index (χ2n) is 4.16. The van der Waals surface area contributed by atoms with E-state index in [2.05, 4.69) is 20.9 Å². The third-order valence-electron chi connectivity index (χ3n) is 2.56. The first kappa shape index (κ1) is 13.2. The normalized spacial score (nSPS) is 12.4. The molecule has 0 spiro atoms. The lowest BCUT2D eigenvalue weighted by molar-refractivity contribution is 0.174. The Bertz CT molecular complexity index is 498. The minimum Gasteiger partial charge on any atom is -0.392 e. The summed E-state index contributed by atoms with van der Waals surface area (Å²) in [4.78, 5) is 4.15. The zero-order valence-electron chi connectivity index (χ0n) is 9.68. The number of hydrogen-bond acceptors (Lipinski definition) is 2. The summed E-state index contributed by atoms with van der Waals surface area (Å²) in [5, 5.41) is 9.96. The van der Waals surface area contributed by atoms with Gasteiger partial charge >= 0.3 is 0 Å². The molecule has 0 fully saturated rings. The maximum absolute atomic E-state index is 13.2. The van der Waals surface area contributed by atoms with Crippen LogP contribution in [0.2, 0.25) is 0 Å². The Morgan fingerprint density at radius 3 is 2.72 bits per heavy atom. The quantitative estimate of drug-likeness (QED) is 0.941. The summed E-state index contributed by atoms with van der Waals surface area (Å²) in [6.45, 7) is 0. The van der Waals surface area contributed by atoms with Crippen molar-refractivity contribution in [1.82, 2.24) is 4.98 Å². The molecular weight excluding hydrogens is 297 g/mol. The monoisotopic (exact) mass is 309 g/mol. The Kier molecular flexibility index (Phi) is 4.44. The second-order valence-corrected chi connectivity index (χ2v) is 5.08. The van der Waals surface area contributed by atoms with Crippen LogP contribution in [-0.2, 0) is 12.8 Å². The van der Waals surface area contributed by atoms with E-state index in [1.165, 1.54) is 12.1 Å². The maximum atomic E-state index is 13.2. The van der Waals surface area contributed by atoms with Gasteiger partial charge in [0.1, 0.15) is 5.82 Å². The van der Waals surface area contributed by atoms with Gasteiger partial charge in [0.2, 0.25) is 0 Å². The molecule has 2 rings (SSSR count). The molecule has 0 bridgehead atoms. The van der Waals surface area contributed by atoms with Crippen molar-refractivity contribution in [2.45, 2.75) is 18.9 Å². The van der Waals surface area contributed by atoms with Gasteiger partial charge in [-0.1, -0.05) is 22.0 Å². The van der Waals surface area contributed by atoms with Gasteiger partial charge in [-0.15, -0.1) is 0 Å². The Morgan fingerprint density at radius 2 is 2.06 bits per heavy atom. The van der Waals surface area contributed by atoms with Crippen molar-refractivity contribution in [3.05, 3.63) is 64.1 Å². The van der Waals surface area contributed by atoms with E-state index < -0.39 is 6.10 Å². The standard InChI is InChI=1S/C14H13BrFNO/c15-11-5-10(6-12(16)8-11)7-14(18)9-13-3-1-2-4-17-13/h1-6,8,14,18H,7,9H2. The first-order chi connectivity index (χ1) is 8.63. The smallest absolute Gasteiger partial charge is 0.124 e. The number of aliphatic hydroxyl groups excluding tert-OH is 1. The summed E-state index contributed by atoms with van der Waals surface area (Å²) in [6.07, 6.45) is 2.01. The number of halogens is 2. The Hall–Kier alpha value is -1.26. The van der Waals surface area contributed by atoms with Crippen molar-refractivity contribution in [3.8, 4) is 0 Å². The van der Waals surface area contributed by atoms with Crippen LogP contribution in [0.5, 0.6) is 0 Å². The van der Waals surface area contributed by atoms with Crippen LogP contribution in [0.25, 0.3) is 0 Å². The predicted octanol–water partition coefficient (Wildman–Crippen LogP) is 3.13. The fraction of sp³-hybridized carbons (Fsp3) is 0.214. The van der Waals surface area contributed by atoms with E-state index in [1.807, 2.05) is 24.3 Å². The van der Waals surface area contributed by atoms with Crippen LogP contribution >= 0.6 is 15.9 Å². The van der Waals surface area contributed by atoms with Gasteiger partial charge in [0.25, 0.3) is 0 Å². The fourth-order valence-electron chi connectivity index (χ4n) is 1.83. The van der Waals surface area contributed by atoms with Gasteiger partial charge in [0, 0.05) is 22.8 Å². The zero-order valence-corrected chi connectivity index (χ0v) is 11.3. The Labute approximate surface area is 114 Å². The van der Waals surface area contributed by atoms with Gasteiger partial charge in [-0.05, 0) is 42.3 Å². The summed E-state index contributed by atoms with van der Waals surface area (Å²) in [7, 11) is 0. The largest absolute Gasteiger partial charge is 0.392 e. The van der Waals surface area contributed by atoms with Crippen LogP contribution in [0, 0.1) is 5.82 Å². The van der Waals surface area contributed by atoms with Crippen molar-refractivity contribution in [2.75, 3.05) is 0 Å². The van der Waals surface area contributed by atoms with Crippen molar-refractivity contribution < 1.29 is 9.50 Å². The second kappa shape index (κ2) is 6.07. The van der Waals surface area contributed by atoms with E-state index in [4.69, 9.17) is 0 Å². The molecule has 0 radical (unpaired) electrons. The third-order valence-corrected chi connectivity index (χ3v) is 3.02. The highest BCUT2D eigenvalue weighted by Crippen LogP contribution is 2.17. The summed E-state index contributed by atoms with van der Waals surface area (Å²) in [5.41, 5.74) is 1.60. The average Bonchev–Trinajstić information content (AvgIpc) is 2.28. The van der Waals surface area contributed by atoms with Crippen LogP contribution in [0.1, 0.15) is 11.3 Å². The van der Waals surface area contributed by atoms with E-state index in [-0.39, 0.29) is 5.82 Å². The van der Waals surface area contributed by atoms with E-state index in [9.17, 15) is 9.50 Å². The molecule has 4 heteroatoms. The number of benzene rings is 1. The first-order valence-electron chi connectivity index (χ1n) is 5.66. The minimum atomic E-state index is -0.561. The van der Waals surface area contributed by atoms with Crippen LogP contribution in [0.15, 0.2) is 47.1 Å². The van der Waals surface area contributed by atoms with Gasteiger partial charge in [0.05, 0.1) is 6.10 Å². The molecule has 1 unspecified atom stereocenters. The summed E-state index contributed by atoms with van der Waals surface area (Å²) < 4.78 is 13.9. The molecule has 18 heavy (non-hydrogen) atoms. The van der Waals surface area contributed by atoms with E-state index in [0.717, 1.165) is 11.3 Å². The molecule has 0 aliphatic rings. The molecule has 0 aliphatic carbocycles. The number of rotatable bonds is 4. The summed E-state index contributed by atoms with van der Waals surface area (Å²) in [6, 6.07) is 10.2. The van der Waals surface area contributed by atoms with Crippen molar-refractivity contribution in [1.29, 1.82) is 0 Å². The highest BCUT2D eigenvalue weighted by Gasteiger charge is 2.09. The fourth-order valence-corrected chi connectivity index (χ4v) is 2.35. The Balaban J connectivity index is 2.01. The van der Waals surface area contributed by atoms with Crippen LogP contribution in [-0.4, -0.2) is 16.2 Å². The van der Waals surface area contributed by atoms with E-state index in [0.29, 0.717) is 17.3 Å². The molecule has 94 valence electrons. The summed E-state index contributed by atoms with van der Waals surface area (Å²) >= 11 is 3.24. The predicted molar refractivity (Wildman–Crippen MR) is 71.8 cm³/mol. The van der Waals surface area contributed by atoms with Crippen molar-refractivity contribution >= 4 is 15.9 Å². The van der Waals surface area contributed by atoms with Crippen molar-refractivity contribution in [2.24, 2.45) is 0 Å². The molecular formula is C14H13BrFNO. The lowest BCUT2D eigenvalue weighted by Crippen LogP contribution is -2.14. The van der Waals surface area contributed by atoms with E-state index >= 15 is 0 Å². The molecule has 1 atom stereocenters. The van der Waals surface area contributed by atoms with Crippen LogP contribution < -0.4 is 0 Å². The van der Waals surface area contributed by atoms with Crippen molar-refractivity contribution in [3.63, 3.8) is 0 Å². The molecule has 1 N–H and O–H groups in total. The Morgan fingerprint density at radius 1 is 1.22 bits per heavy atom. The number of hydrogen-bond donors (Lipinski definition) is 1. The lowest BCUT2D eigenvalue weighted by Gasteiger charge is -2.10. The molecule has 0 saturated heterocycles. The molecule has 0 aliphatic heterocycles. The number of aliphatic hydroxyl groups is 1. The molecule has 1 heterocycles. The molecule has 0 saturated carbocycles. The minimum absolute atomic E-state index is 0.301. The van der Waals surface area contributed by atoms with E-state index in [1.54, 1.807) is 6.20 Å². The number of aromatic nitrogens is 1. The molecule has 1 aromatic carbocycles. The molecule has 1 aromatic heterocycles. The average molecular weight is 310 g/mol. The SMILES string of the molecule is OC(Cc1cc(F)cc(Br)c1)Cc1ccccn1.